The SMILES string of the molecule is CCCc1nc(CCOc2ccccc2CC)sc1CO. The van der Waals surface area contributed by atoms with E-state index in [9.17, 15) is 5.11 Å². The first-order valence-electron chi connectivity index (χ1n) is 7.57. The van der Waals surface area contributed by atoms with Crippen molar-refractivity contribution in [3.05, 3.63) is 45.4 Å². The van der Waals surface area contributed by atoms with Crippen LogP contribution in [0.1, 0.15) is 41.4 Å². The Balaban J connectivity index is 1.94. The van der Waals surface area contributed by atoms with E-state index in [4.69, 9.17) is 4.74 Å². The molecule has 1 heterocycles. The van der Waals surface area contributed by atoms with Crippen LogP contribution in [0, 0.1) is 0 Å². The summed E-state index contributed by atoms with van der Waals surface area (Å²) in [6.45, 7) is 4.98. The monoisotopic (exact) mass is 305 g/mol. The summed E-state index contributed by atoms with van der Waals surface area (Å²) >= 11 is 1.60. The zero-order valence-corrected chi connectivity index (χ0v) is 13.6. The number of nitrogens with zero attached hydrogens (tertiary/aromatic N) is 1. The average molecular weight is 305 g/mol. The van der Waals surface area contributed by atoms with Crippen LogP contribution in [0.15, 0.2) is 24.3 Å². The van der Waals surface area contributed by atoms with Gasteiger partial charge >= 0.3 is 0 Å². The van der Waals surface area contributed by atoms with Crippen molar-refractivity contribution in [1.29, 1.82) is 0 Å². The Morgan fingerprint density at radius 1 is 1.19 bits per heavy atom. The molecule has 2 rings (SSSR count). The molecule has 4 heteroatoms. The van der Waals surface area contributed by atoms with Gasteiger partial charge < -0.3 is 9.84 Å². The number of hydrogen-bond donors (Lipinski definition) is 1. The summed E-state index contributed by atoms with van der Waals surface area (Å²) < 4.78 is 5.88. The van der Waals surface area contributed by atoms with E-state index in [1.807, 2.05) is 18.2 Å². The van der Waals surface area contributed by atoms with Crippen LogP contribution in [0.4, 0.5) is 0 Å². The van der Waals surface area contributed by atoms with E-state index in [0.717, 1.165) is 47.0 Å². The summed E-state index contributed by atoms with van der Waals surface area (Å²) in [5.74, 6) is 0.965. The zero-order valence-electron chi connectivity index (χ0n) is 12.8. The highest BCUT2D eigenvalue weighted by Gasteiger charge is 2.10. The van der Waals surface area contributed by atoms with Crippen molar-refractivity contribution >= 4 is 11.3 Å². The highest BCUT2D eigenvalue weighted by molar-refractivity contribution is 7.11. The summed E-state index contributed by atoms with van der Waals surface area (Å²) in [5, 5.41) is 10.4. The minimum atomic E-state index is 0.0898. The molecule has 3 nitrogen and oxygen atoms in total. The van der Waals surface area contributed by atoms with Crippen molar-refractivity contribution in [1.82, 2.24) is 4.98 Å². The molecular weight excluding hydrogens is 282 g/mol. The van der Waals surface area contributed by atoms with Crippen LogP contribution in [0.5, 0.6) is 5.75 Å². The average Bonchev–Trinajstić information content (AvgIpc) is 2.90. The molecule has 0 spiro atoms. The van der Waals surface area contributed by atoms with Crippen LogP contribution in [-0.2, 0) is 25.9 Å². The van der Waals surface area contributed by atoms with Gasteiger partial charge in [0.15, 0.2) is 0 Å². The summed E-state index contributed by atoms with van der Waals surface area (Å²) in [7, 11) is 0. The Labute approximate surface area is 130 Å². The van der Waals surface area contributed by atoms with E-state index >= 15 is 0 Å². The van der Waals surface area contributed by atoms with E-state index in [1.165, 1.54) is 5.56 Å². The number of aryl methyl sites for hydroxylation is 2. The zero-order chi connectivity index (χ0) is 15.1. The van der Waals surface area contributed by atoms with Gasteiger partial charge in [-0.3, -0.25) is 0 Å². The van der Waals surface area contributed by atoms with Crippen LogP contribution >= 0.6 is 11.3 Å². The minimum Gasteiger partial charge on any atom is -0.493 e. The Morgan fingerprint density at radius 3 is 2.71 bits per heavy atom. The highest BCUT2D eigenvalue weighted by atomic mass is 32.1. The van der Waals surface area contributed by atoms with Crippen molar-refractivity contribution in [2.75, 3.05) is 6.61 Å². The van der Waals surface area contributed by atoms with Gasteiger partial charge in [0, 0.05) is 6.42 Å². The molecule has 0 saturated carbocycles. The fourth-order valence-electron chi connectivity index (χ4n) is 2.28. The first kappa shape index (κ1) is 16.0. The molecule has 0 aliphatic heterocycles. The second-order valence-corrected chi connectivity index (χ2v) is 6.11. The molecule has 1 N–H and O–H groups in total. The van der Waals surface area contributed by atoms with Gasteiger partial charge in [-0.25, -0.2) is 4.98 Å². The molecule has 1 aromatic heterocycles. The molecule has 0 bridgehead atoms. The Bertz CT molecular complexity index is 566. The van der Waals surface area contributed by atoms with E-state index in [1.54, 1.807) is 11.3 Å². The Kier molecular flexibility index (Phi) is 6.21. The minimum absolute atomic E-state index is 0.0898. The van der Waals surface area contributed by atoms with Crippen molar-refractivity contribution in [3.63, 3.8) is 0 Å². The fraction of sp³-hybridized carbons (Fsp3) is 0.471. The summed E-state index contributed by atoms with van der Waals surface area (Å²) in [6, 6.07) is 8.16. The Hall–Kier alpha value is -1.39. The first-order valence-corrected chi connectivity index (χ1v) is 8.39. The summed E-state index contributed by atoms with van der Waals surface area (Å²) in [6.07, 6.45) is 3.75. The molecule has 0 fully saturated rings. The maximum atomic E-state index is 9.37. The topological polar surface area (TPSA) is 42.4 Å². The quantitative estimate of drug-likeness (QED) is 0.807. The number of aliphatic hydroxyl groups excluding tert-OH is 1. The lowest BCUT2D eigenvalue weighted by Crippen LogP contribution is -2.03. The van der Waals surface area contributed by atoms with Crippen molar-refractivity contribution in [3.8, 4) is 5.75 Å². The van der Waals surface area contributed by atoms with E-state index in [-0.39, 0.29) is 6.61 Å². The lowest BCUT2D eigenvalue weighted by atomic mass is 10.1. The molecule has 0 atom stereocenters. The maximum absolute atomic E-state index is 9.37. The lowest BCUT2D eigenvalue weighted by molar-refractivity contribution is 0.284. The standard InChI is InChI=1S/C17H23NO2S/c1-3-7-14-16(12-19)21-17(18-14)10-11-20-15-9-6-5-8-13(15)4-2/h5-6,8-9,19H,3-4,7,10-12H2,1-2H3. The largest absolute Gasteiger partial charge is 0.493 e. The number of aliphatic hydroxyl groups is 1. The van der Waals surface area contributed by atoms with Gasteiger partial charge in [-0.1, -0.05) is 38.5 Å². The smallest absolute Gasteiger partial charge is 0.122 e. The third-order valence-corrected chi connectivity index (χ3v) is 4.52. The van der Waals surface area contributed by atoms with Crippen LogP contribution < -0.4 is 4.74 Å². The summed E-state index contributed by atoms with van der Waals surface area (Å²) in [4.78, 5) is 5.62. The van der Waals surface area contributed by atoms with Gasteiger partial charge in [0.25, 0.3) is 0 Å². The lowest BCUT2D eigenvalue weighted by Gasteiger charge is -2.09. The number of ether oxygens (including phenoxy) is 1. The number of hydrogen-bond acceptors (Lipinski definition) is 4. The van der Waals surface area contributed by atoms with E-state index < -0.39 is 0 Å². The van der Waals surface area contributed by atoms with E-state index in [2.05, 4.69) is 24.9 Å². The number of rotatable bonds is 8. The first-order chi connectivity index (χ1) is 10.3. The van der Waals surface area contributed by atoms with Crippen LogP contribution in [-0.4, -0.2) is 16.7 Å². The van der Waals surface area contributed by atoms with Gasteiger partial charge in [0.2, 0.25) is 0 Å². The van der Waals surface area contributed by atoms with Crippen LogP contribution in [0.25, 0.3) is 0 Å². The molecule has 2 aromatic rings. The van der Waals surface area contributed by atoms with E-state index in [0.29, 0.717) is 6.61 Å². The van der Waals surface area contributed by atoms with Crippen molar-refractivity contribution in [2.24, 2.45) is 0 Å². The predicted molar refractivity (Wildman–Crippen MR) is 87.1 cm³/mol. The molecule has 0 aliphatic rings. The predicted octanol–water partition coefficient (Wildman–Crippen LogP) is 3.77. The number of para-hydroxylation sites is 1. The van der Waals surface area contributed by atoms with Gasteiger partial charge in [-0.05, 0) is 24.5 Å². The fourth-order valence-corrected chi connectivity index (χ4v) is 3.24. The second-order valence-electron chi connectivity index (χ2n) is 4.95. The molecule has 114 valence electrons. The molecule has 21 heavy (non-hydrogen) atoms. The normalized spacial score (nSPS) is 10.8. The third-order valence-electron chi connectivity index (χ3n) is 3.38. The molecule has 1 aromatic carbocycles. The van der Waals surface area contributed by atoms with Gasteiger partial charge in [-0.15, -0.1) is 11.3 Å². The maximum Gasteiger partial charge on any atom is 0.122 e. The molecular formula is C17H23NO2S. The van der Waals surface area contributed by atoms with Crippen molar-refractivity contribution < 1.29 is 9.84 Å². The number of aromatic nitrogens is 1. The third kappa shape index (κ3) is 4.29. The number of benzene rings is 1. The van der Waals surface area contributed by atoms with Crippen LogP contribution in [0.2, 0.25) is 0 Å². The highest BCUT2D eigenvalue weighted by Crippen LogP contribution is 2.22. The summed E-state index contributed by atoms with van der Waals surface area (Å²) in [5.41, 5.74) is 2.29. The molecule has 0 aliphatic carbocycles. The molecule has 0 amide bonds. The molecule has 0 unspecified atom stereocenters. The molecule has 0 saturated heterocycles. The molecule has 0 radical (unpaired) electrons. The van der Waals surface area contributed by atoms with Gasteiger partial charge in [-0.2, -0.15) is 0 Å². The van der Waals surface area contributed by atoms with Crippen molar-refractivity contribution in [2.45, 2.75) is 46.1 Å². The van der Waals surface area contributed by atoms with Crippen LogP contribution in [0.3, 0.4) is 0 Å². The second kappa shape index (κ2) is 8.15. The Morgan fingerprint density at radius 2 is 2.00 bits per heavy atom. The number of thiazole rings is 1. The van der Waals surface area contributed by atoms with Gasteiger partial charge in [0.1, 0.15) is 5.75 Å². The van der Waals surface area contributed by atoms with Gasteiger partial charge in [0.05, 0.1) is 28.8 Å².